The van der Waals surface area contributed by atoms with E-state index in [1.807, 2.05) is 20.8 Å². The van der Waals surface area contributed by atoms with Crippen molar-refractivity contribution in [2.45, 2.75) is 50.6 Å². The fraction of sp³-hybridized carbons (Fsp3) is 0.524. The van der Waals surface area contributed by atoms with Crippen LogP contribution in [0.3, 0.4) is 0 Å². The number of halogens is 3. The third-order valence-corrected chi connectivity index (χ3v) is 7.58. The molecular weight excluding hydrogens is 478 g/mol. The molecule has 0 radical (unpaired) electrons. The molecule has 0 unspecified atom stereocenters. The second-order valence-electron chi connectivity index (χ2n) is 8.36. The van der Waals surface area contributed by atoms with Crippen LogP contribution in [-0.2, 0) is 4.79 Å². The third-order valence-electron chi connectivity index (χ3n) is 5.46. The average Bonchev–Trinajstić information content (AvgIpc) is 2.88. The van der Waals surface area contributed by atoms with Crippen LogP contribution in [0.25, 0.3) is 10.8 Å². The van der Waals surface area contributed by atoms with Crippen molar-refractivity contribution < 1.29 is 18.3 Å². The molecule has 2 atom stereocenters. The molecule has 1 amide bonds. The van der Waals surface area contributed by atoms with E-state index in [2.05, 4.69) is 4.98 Å². The Labute approximate surface area is 202 Å². The smallest absolute Gasteiger partial charge is 0.239 e. The fourth-order valence-electron chi connectivity index (χ4n) is 4.07. The molecule has 32 heavy (non-hydrogen) atoms. The summed E-state index contributed by atoms with van der Waals surface area (Å²) in [4.78, 5) is 18.5. The van der Waals surface area contributed by atoms with Gasteiger partial charge in [-0.1, -0.05) is 26.0 Å². The summed E-state index contributed by atoms with van der Waals surface area (Å²) in [5, 5.41) is 0.669. The lowest BCUT2D eigenvalue weighted by atomic mass is 10.0. The first kappa shape index (κ1) is 28.8. The Balaban J connectivity index is 0.00000256. The average molecular weight is 511 g/mol. The lowest BCUT2D eigenvalue weighted by Gasteiger charge is -2.46. The van der Waals surface area contributed by atoms with Gasteiger partial charge in [-0.3, -0.25) is 18.9 Å². The van der Waals surface area contributed by atoms with Crippen LogP contribution in [0.2, 0.25) is 0 Å². The third kappa shape index (κ3) is 6.02. The zero-order valence-electron chi connectivity index (χ0n) is 18.5. The molecule has 1 fully saturated rings. The Morgan fingerprint density at radius 1 is 1.28 bits per heavy atom. The Morgan fingerprint density at radius 3 is 2.62 bits per heavy atom. The van der Waals surface area contributed by atoms with Crippen LogP contribution in [0.1, 0.15) is 33.6 Å². The topological polar surface area (TPSA) is 103 Å². The summed E-state index contributed by atoms with van der Waals surface area (Å²) >= 11 is 0. The first-order chi connectivity index (χ1) is 14.1. The van der Waals surface area contributed by atoms with Crippen LogP contribution in [-0.4, -0.2) is 60.9 Å². The van der Waals surface area contributed by atoms with Gasteiger partial charge in [-0.2, -0.15) is 4.31 Å². The van der Waals surface area contributed by atoms with Crippen LogP contribution in [0.5, 0.6) is 0 Å². The Kier molecular flexibility index (Phi) is 10.6. The molecule has 2 aromatic rings. The molecule has 1 aromatic heterocycles. The number of nitrogens with zero attached hydrogens (tertiary/aromatic N) is 3. The molecule has 1 saturated heterocycles. The monoisotopic (exact) mass is 510 g/mol. The molecule has 1 aliphatic heterocycles. The zero-order valence-corrected chi connectivity index (χ0v) is 20.9. The van der Waals surface area contributed by atoms with E-state index in [1.165, 1.54) is 6.20 Å². The first-order valence-corrected chi connectivity index (χ1v) is 11.7. The number of benzene rings is 1. The summed E-state index contributed by atoms with van der Waals surface area (Å²) in [6.45, 7) is 7.08. The quantitative estimate of drug-likeness (QED) is 0.545. The molecule has 4 N–H and O–H groups in total. The number of amides is 1. The maximum Gasteiger partial charge on any atom is 0.239 e. The number of rotatable bonds is 5. The van der Waals surface area contributed by atoms with Crippen LogP contribution in [0, 0.1) is 11.7 Å². The summed E-state index contributed by atoms with van der Waals surface area (Å²) in [6, 6.07) is 3.99. The molecule has 182 valence electrons. The number of hydrogen-bond donors (Lipinski definition) is 3. The van der Waals surface area contributed by atoms with Crippen molar-refractivity contribution in [1.29, 1.82) is 0 Å². The summed E-state index contributed by atoms with van der Waals surface area (Å²) in [5.41, 5.74) is 6.09. The minimum atomic E-state index is -3.48. The van der Waals surface area contributed by atoms with Crippen LogP contribution < -0.4 is 5.73 Å². The minimum absolute atomic E-state index is 0. The standard InChI is InChI=1S/C21H31FN4O3S.2ClH/c1-14(2)10-18(23)21(27)25-8-5-9-26(15(3)13-25)30(28,29)19-7-4-6-16-11-24-12-17(22)20(16)19;;/h4,6-7,11-12,14-15,18,28-29H,5,8-10,13,23H2,1-3H3;2*1H/t15-,18-;;/m0../s1. The largest absolute Gasteiger partial charge is 0.340 e. The Morgan fingerprint density at radius 2 is 1.97 bits per heavy atom. The first-order valence-electron chi connectivity index (χ1n) is 10.2. The van der Waals surface area contributed by atoms with Crippen molar-refractivity contribution in [3.8, 4) is 0 Å². The lowest BCUT2D eigenvalue weighted by Crippen LogP contribution is -2.48. The van der Waals surface area contributed by atoms with Crippen molar-refractivity contribution in [2.75, 3.05) is 19.6 Å². The van der Waals surface area contributed by atoms with Crippen molar-refractivity contribution in [2.24, 2.45) is 11.7 Å². The highest BCUT2D eigenvalue weighted by Crippen LogP contribution is 2.55. The fourth-order valence-corrected chi connectivity index (χ4v) is 6.03. The van der Waals surface area contributed by atoms with Gasteiger partial charge in [0.25, 0.3) is 0 Å². The highest BCUT2D eigenvalue weighted by atomic mass is 35.5. The van der Waals surface area contributed by atoms with Gasteiger partial charge in [0, 0.05) is 42.6 Å². The van der Waals surface area contributed by atoms with Gasteiger partial charge in [0.2, 0.25) is 5.91 Å². The maximum atomic E-state index is 14.5. The number of carbonyl (C=O) groups is 1. The summed E-state index contributed by atoms with van der Waals surface area (Å²) < 4.78 is 38.6. The van der Waals surface area contributed by atoms with Crippen molar-refractivity contribution in [3.05, 3.63) is 36.4 Å². The number of aromatic nitrogens is 1. The molecule has 7 nitrogen and oxygen atoms in total. The van der Waals surface area contributed by atoms with Gasteiger partial charge in [0.05, 0.1) is 17.1 Å². The van der Waals surface area contributed by atoms with E-state index in [9.17, 15) is 18.3 Å². The summed E-state index contributed by atoms with van der Waals surface area (Å²) in [7, 11) is -3.48. The van der Waals surface area contributed by atoms with E-state index in [0.29, 0.717) is 43.8 Å². The second kappa shape index (κ2) is 11.8. The summed E-state index contributed by atoms with van der Waals surface area (Å²) in [5.74, 6) is -0.397. The second-order valence-corrected chi connectivity index (χ2v) is 10.3. The number of hydrogen-bond acceptors (Lipinski definition) is 6. The van der Waals surface area contributed by atoms with Gasteiger partial charge in [-0.15, -0.1) is 35.6 Å². The Hall–Kier alpha value is -1.20. The van der Waals surface area contributed by atoms with E-state index >= 15 is 0 Å². The lowest BCUT2D eigenvalue weighted by molar-refractivity contribution is -0.133. The van der Waals surface area contributed by atoms with Crippen LogP contribution in [0.15, 0.2) is 35.5 Å². The minimum Gasteiger partial charge on any atom is -0.340 e. The highest BCUT2D eigenvalue weighted by Gasteiger charge is 2.35. The van der Waals surface area contributed by atoms with Crippen LogP contribution in [0.4, 0.5) is 4.39 Å². The number of fused-ring (bicyclic) bond motifs is 1. The molecular formula is C21H33Cl2FN4O3S. The zero-order chi connectivity index (χ0) is 22.1. The van der Waals surface area contributed by atoms with E-state index in [4.69, 9.17) is 5.73 Å². The summed E-state index contributed by atoms with van der Waals surface area (Å²) in [6.07, 6.45) is 3.74. The van der Waals surface area contributed by atoms with E-state index in [0.717, 1.165) is 6.20 Å². The van der Waals surface area contributed by atoms with E-state index < -0.39 is 22.6 Å². The number of nitrogens with two attached hydrogens (primary N) is 1. The van der Waals surface area contributed by atoms with E-state index in [1.54, 1.807) is 27.4 Å². The van der Waals surface area contributed by atoms with Gasteiger partial charge < -0.3 is 10.6 Å². The van der Waals surface area contributed by atoms with Crippen molar-refractivity contribution in [1.82, 2.24) is 14.2 Å². The van der Waals surface area contributed by atoms with Gasteiger partial charge in [0.15, 0.2) is 5.82 Å². The van der Waals surface area contributed by atoms with Gasteiger partial charge in [-0.05, 0) is 31.7 Å². The molecule has 1 aliphatic rings. The van der Waals surface area contributed by atoms with Gasteiger partial charge in [-0.25, -0.2) is 4.39 Å². The SMILES string of the molecule is CC(C)C[C@H](N)C(=O)N1CCCN(S(O)(O)c2cccc3cncc(F)c23)[C@@H](C)C1.Cl.Cl. The van der Waals surface area contributed by atoms with Crippen molar-refractivity contribution >= 4 is 52.3 Å². The molecule has 2 heterocycles. The number of pyridine rings is 1. The number of carbonyl (C=O) groups excluding carboxylic acids is 1. The van der Waals surface area contributed by atoms with Crippen molar-refractivity contribution in [3.63, 3.8) is 0 Å². The van der Waals surface area contributed by atoms with E-state index in [-0.39, 0.29) is 47.0 Å². The molecule has 11 heteroatoms. The molecule has 0 spiro atoms. The maximum absolute atomic E-state index is 14.5. The predicted molar refractivity (Wildman–Crippen MR) is 132 cm³/mol. The van der Waals surface area contributed by atoms with Crippen LogP contribution >= 0.6 is 35.6 Å². The molecule has 0 saturated carbocycles. The van der Waals surface area contributed by atoms with Gasteiger partial charge >= 0.3 is 0 Å². The van der Waals surface area contributed by atoms with Gasteiger partial charge in [0.1, 0.15) is 0 Å². The predicted octanol–water partition coefficient (Wildman–Crippen LogP) is 4.54. The molecule has 0 aliphatic carbocycles. The Bertz CT molecular complexity index is 916. The highest BCUT2D eigenvalue weighted by molar-refractivity contribution is 8.22. The normalized spacial score (nSPS) is 19.1. The molecule has 0 bridgehead atoms. The molecule has 1 aromatic carbocycles. The molecule has 3 rings (SSSR count).